The lowest BCUT2D eigenvalue weighted by atomic mass is 10.3. The first-order valence-electron chi connectivity index (χ1n) is 5.86. The molecule has 6 nitrogen and oxygen atoms in total. The lowest BCUT2D eigenvalue weighted by Crippen LogP contribution is -2.41. The van der Waals surface area contributed by atoms with Gasteiger partial charge in [0, 0.05) is 30.9 Å². The molecule has 18 heavy (non-hydrogen) atoms. The second kappa shape index (κ2) is 7.25. The molecular formula is C11H18N2O4S. The SMILES string of the molecule is CC(=O)NC(CSCCC(=O)NC1CC1)C(=O)O. The van der Waals surface area contributed by atoms with Crippen molar-refractivity contribution in [2.45, 2.75) is 38.3 Å². The van der Waals surface area contributed by atoms with Crippen molar-refractivity contribution in [2.24, 2.45) is 0 Å². The van der Waals surface area contributed by atoms with Crippen LogP contribution in [0, 0.1) is 0 Å². The number of carboxylic acids is 1. The maximum Gasteiger partial charge on any atom is 0.327 e. The molecule has 0 heterocycles. The Kier molecular flexibility index (Phi) is 5.97. The molecule has 1 saturated carbocycles. The van der Waals surface area contributed by atoms with Crippen molar-refractivity contribution in [3.05, 3.63) is 0 Å². The van der Waals surface area contributed by atoms with Crippen molar-refractivity contribution in [3.63, 3.8) is 0 Å². The summed E-state index contributed by atoms with van der Waals surface area (Å²) in [4.78, 5) is 32.9. The first kappa shape index (κ1) is 14.8. The summed E-state index contributed by atoms with van der Waals surface area (Å²) in [6.45, 7) is 1.28. The fraction of sp³-hybridized carbons (Fsp3) is 0.727. The summed E-state index contributed by atoms with van der Waals surface area (Å²) in [6, 6.07) is -0.535. The molecule has 1 aliphatic carbocycles. The van der Waals surface area contributed by atoms with Crippen LogP contribution >= 0.6 is 11.8 Å². The molecule has 2 amide bonds. The Balaban J connectivity index is 2.11. The molecule has 1 fully saturated rings. The Labute approximate surface area is 110 Å². The molecule has 1 atom stereocenters. The summed E-state index contributed by atoms with van der Waals surface area (Å²) in [5.41, 5.74) is 0. The number of aliphatic carboxylic acids is 1. The third kappa shape index (κ3) is 6.48. The quantitative estimate of drug-likeness (QED) is 0.541. The fourth-order valence-electron chi connectivity index (χ4n) is 1.31. The Morgan fingerprint density at radius 2 is 2.06 bits per heavy atom. The van der Waals surface area contributed by atoms with Crippen LogP contribution in [0.3, 0.4) is 0 Å². The van der Waals surface area contributed by atoms with Gasteiger partial charge in [-0.15, -0.1) is 0 Å². The molecule has 0 radical (unpaired) electrons. The van der Waals surface area contributed by atoms with Gasteiger partial charge in [0.05, 0.1) is 0 Å². The van der Waals surface area contributed by atoms with Gasteiger partial charge < -0.3 is 15.7 Å². The van der Waals surface area contributed by atoms with E-state index in [9.17, 15) is 14.4 Å². The zero-order chi connectivity index (χ0) is 13.5. The first-order valence-corrected chi connectivity index (χ1v) is 7.01. The van der Waals surface area contributed by atoms with Gasteiger partial charge in [0.25, 0.3) is 0 Å². The molecule has 0 aromatic carbocycles. The van der Waals surface area contributed by atoms with E-state index in [0.717, 1.165) is 12.8 Å². The Hall–Kier alpha value is -1.24. The van der Waals surface area contributed by atoms with Crippen molar-refractivity contribution >= 4 is 29.5 Å². The van der Waals surface area contributed by atoms with E-state index in [0.29, 0.717) is 18.2 Å². The van der Waals surface area contributed by atoms with Gasteiger partial charge in [-0.3, -0.25) is 9.59 Å². The smallest absolute Gasteiger partial charge is 0.327 e. The molecule has 1 rings (SSSR count). The molecule has 7 heteroatoms. The third-order valence-corrected chi connectivity index (χ3v) is 3.44. The average Bonchev–Trinajstić information content (AvgIpc) is 3.05. The van der Waals surface area contributed by atoms with E-state index in [1.165, 1.54) is 18.7 Å². The fourth-order valence-corrected chi connectivity index (χ4v) is 2.27. The van der Waals surface area contributed by atoms with Crippen LogP contribution in [0.1, 0.15) is 26.2 Å². The third-order valence-electron chi connectivity index (χ3n) is 2.38. The number of nitrogens with one attached hydrogen (secondary N) is 2. The van der Waals surface area contributed by atoms with E-state index in [1.807, 2.05) is 0 Å². The number of rotatable bonds is 8. The average molecular weight is 274 g/mol. The molecule has 0 aromatic rings. The van der Waals surface area contributed by atoms with Crippen LogP contribution in [0.5, 0.6) is 0 Å². The molecule has 1 unspecified atom stereocenters. The van der Waals surface area contributed by atoms with Gasteiger partial charge in [-0.25, -0.2) is 4.79 Å². The highest BCUT2D eigenvalue weighted by atomic mass is 32.2. The zero-order valence-corrected chi connectivity index (χ0v) is 11.1. The summed E-state index contributed by atoms with van der Waals surface area (Å²) in [6.07, 6.45) is 2.50. The van der Waals surface area contributed by atoms with Gasteiger partial charge in [0.1, 0.15) is 6.04 Å². The number of hydrogen-bond donors (Lipinski definition) is 3. The molecule has 0 spiro atoms. The highest BCUT2D eigenvalue weighted by Crippen LogP contribution is 2.18. The predicted octanol–water partition coefficient (Wildman–Crippen LogP) is -0.0224. The second-order valence-corrected chi connectivity index (χ2v) is 5.41. The number of thioether (sulfide) groups is 1. The van der Waals surface area contributed by atoms with Gasteiger partial charge in [-0.05, 0) is 12.8 Å². The molecular weight excluding hydrogens is 256 g/mol. The van der Waals surface area contributed by atoms with Gasteiger partial charge in [0.15, 0.2) is 0 Å². The van der Waals surface area contributed by atoms with Gasteiger partial charge in [-0.1, -0.05) is 0 Å². The number of amides is 2. The Morgan fingerprint density at radius 3 is 2.56 bits per heavy atom. The van der Waals surface area contributed by atoms with Crippen molar-refractivity contribution in [3.8, 4) is 0 Å². The number of carbonyl (C=O) groups is 3. The molecule has 0 aliphatic heterocycles. The van der Waals surface area contributed by atoms with Gasteiger partial charge >= 0.3 is 5.97 Å². The highest BCUT2D eigenvalue weighted by Gasteiger charge is 2.23. The normalized spacial score (nSPS) is 15.8. The highest BCUT2D eigenvalue weighted by molar-refractivity contribution is 7.99. The minimum atomic E-state index is -1.06. The number of carboxylic acid groups (broad SMARTS) is 1. The molecule has 0 saturated heterocycles. The van der Waals surface area contributed by atoms with E-state index in [4.69, 9.17) is 5.11 Å². The van der Waals surface area contributed by atoms with Crippen LogP contribution in [0.2, 0.25) is 0 Å². The van der Waals surface area contributed by atoms with Crippen LogP contribution in [0.4, 0.5) is 0 Å². The Bertz CT molecular complexity index is 331. The van der Waals surface area contributed by atoms with Crippen molar-refractivity contribution in [2.75, 3.05) is 11.5 Å². The largest absolute Gasteiger partial charge is 0.480 e. The maximum atomic E-state index is 11.3. The van der Waals surface area contributed by atoms with Gasteiger partial charge in [0.2, 0.25) is 11.8 Å². The van der Waals surface area contributed by atoms with E-state index in [2.05, 4.69) is 10.6 Å². The maximum absolute atomic E-state index is 11.3. The van der Waals surface area contributed by atoms with Crippen LogP contribution in [-0.2, 0) is 14.4 Å². The first-order chi connectivity index (χ1) is 8.49. The minimum Gasteiger partial charge on any atom is -0.480 e. The lowest BCUT2D eigenvalue weighted by molar-refractivity contribution is -0.140. The Morgan fingerprint density at radius 1 is 1.39 bits per heavy atom. The van der Waals surface area contributed by atoms with E-state index in [-0.39, 0.29) is 17.6 Å². The molecule has 1 aliphatic rings. The molecule has 0 aromatic heterocycles. The summed E-state index contributed by atoms with van der Waals surface area (Å²) < 4.78 is 0. The lowest BCUT2D eigenvalue weighted by Gasteiger charge is -2.12. The molecule has 0 bridgehead atoms. The van der Waals surface area contributed by atoms with Crippen LogP contribution in [0.25, 0.3) is 0 Å². The molecule has 3 N–H and O–H groups in total. The van der Waals surface area contributed by atoms with Gasteiger partial charge in [-0.2, -0.15) is 11.8 Å². The number of hydrogen-bond acceptors (Lipinski definition) is 4. The van der Waals surface area contributed by atoms with E-state index >= 15 is 0 Å². The van der Waals surface area contributed by atoms with Crippen molar-refractivity contribution < 1.29 is 19.5 Å². The van der Waals surface area contributed by atoms with E-state index in [1.54, 1.807) is 0 Å². The summed E-state index contributed by atoms with van der Waals surface area (Å²) >= 11 is 1.35. The van der Waals surface area contributed by atoms with Crippen LogP contribution in [0.15, 0.2) is 0 Å². The summed E-state index contributed by atoms with van der Waals surface area (Å²) in [5, 5.41) is 14.1. The monoisotopic (exact) mass is 274 g/mol. The predicted molar refractivity (Wildman–Crippen MR) is 68.3 cm³/mol. The summed E-state index contributed by atoms with van der Waals surface area (Å²) in [5.74, 6) is -0.584. The summed E-state index contributed by atoms with van der Waals surface area (Å²) in [7, 11) is 0. The number of carbonyl (C=O) groups excluding carboxylic acids is 2. The second-order valence-electron chi connectivity index (χ2n) is 4.26. The topological polar surface area (TPSA) is 95.5 Å². The van der Waals surface area contributed by atoms with Crippen LogP contribution in [-0.4, -0.2) is 46.5 Å². The van der Waals surface area contributed by atoms with E-state index < -0.39 is 12.0 Å². The van der Waals surface area contributed by atoms with Crippen molar-refractivity contribution in [1.82, 2.24) is 10.6 Å². The zero-order valence-electron chi connectivity index (χ0n) is 10.3. The van der Waals surface area contributed by atoms with Crippen molar-refractivity contribution in [1.29, 1.82) is 0 Å². The molecule has 102 valence electrons. The van der Waals surface area contributed by atoms with Crippen LogP contribution < -0.4 is 10.6 Å². The standard InChI is InChI=1S/C11H18N2O4S/c1-7(14)12-9(11(16)17)6-18-5-4-10(15)13-8-2-3-8/h8-9H,2-6H2,1H3,(H,12,14)(H,13,15)(H,16,17). The minimum absolute atomic E-state index is 0.0106.